The molecule has 0 saturated carbocycles. The van der Waals surface area contributed by atoms with E-state index in [-0.39, 0.29) is 31.2 Å². The molecule has 1 aromatic carbocycles. The first-order chi connectivity index (χ1) is 9.08. The minimum absolute atomic E-state index is 0.0232. The van der Waals surface area contributed by atoms with Crippen LogP contribution in [0.3, 0.4) is 0 Å². The number of hydrogen-bond donors (Lipinski definition) is 2. The van der Waals surface area contributed by atoms with E-state index in [2.05, 4.69) is 5.32 Å². The molecule has 0 unspecified atom stereocenters. The van der Waals surface area contributed by atoms with Gasteiger partial charge in [0.05, 0.1) is 24.7 Å². The number of nitro benzene ring substituents is 1. The first-order valence-corrected chi connectivity index (χ1v) is 5.41. The van der Waals surface area contributed by atoms with Crippen molar-refractivity contribution in [2.24, 2.45) is 0 Å². The van der Waals surface area contributed by atoms with E-state index in [4.69, 9.17) is 14.6 Å². The predicted molar refractivity (Wildman–Crippen MR) is 65.2 cm³/mol. The highest BCUT2D eigenvalue weighted by molar-refractivity contribution is 5.77. The number of carbonyl (C=O) groups is 1. The molecule has 0 aliphatic heterocycles. The molecule has 0 aliphatic rings. The molecule has 8 heteroatoms. The zero-order valence-electron chi connectivity index (χ0n) is 10.3. The summed E-state index contributed by atoms with van der Waals surface area (Å²) in [4.78, 5) is 21.5. The number of aliphatic hydroxyl groups excluding tert-OH is 1. The first kappa shape index (κ1) is 14.7. The second-order valence-corrected chi connectivity index (χ2v) is 3.45. The molecule has 1 amide bonds. The molecule has 0 bridgehead atoms. The van der Waals surface area contributed by atoms with Gasteiger partial charge in [-0.3, -0.25) is 14.9 Å². The van der Waals surface area contributed by atoms with Gasteiger partial charge in [0, 0.05) is 6.54 Å². The van der Waals surface area contributed by atoms with E-state index in [0.29, 0.717) is 5.75 Å². The Hall–Kier alpha value is -2.35. The summed E-state index contributed by atoms with van der Waals surface area (Å²) in [5.74, 6) is -0.173. The monoisotopic (exact) mass is 270 g/mol. The molecule has 0 saturated heterocycles. The van der Waals surface area contributed by atoms with E-state index < -0.39 is 10.8 Å². The number of nitro groups is 1. The van der Waals surface area contributed by atoms with Crippen LogP contribution in [0.2, 0.25) is 0 Å². The number of carbonyl (C=O) groups excluding carboxylic acids is 1. The fourth-order valence-corrected chi connectivity index (χ4v) is 1.28. The lowest BCUT2D eigenvalue weighted by molar-refractivity contribution is -0.385. The van der Waals surface area contributed by atoms with Gasteiger partial charge in [0.1, 0.15) is 5.75 Å². The van der Waals surface area contributed by atoms with Crippen molar-refractivity contribution in [1.82, 2.24) is 5.32 Å². The van der Waals surface area contributed by atoms with Crippen LogP contribution in [0, 0.1) is 10.1 Å². The summed E-state index contributed by atoms with van der Waals surface area (Å²) in [7, 11) is 1.39. The van der Waals surface area contributed by atoms with Crippen molar-refractivity contribution in [2.75, 3.05) is 26.9 Å². The Bertz CT molecular complexity index is 462. The number of nitrogens with one attached hydrogen (secondary N) is 1. The number of benzene rings is 1. The molecule has 0 heterocycles. The Kier molecular flexibility index (Phi) is 5.55. The molecular formula is C11H14N2O6. The third-order valence-corrected chi connectivity index (χ3v) is 2.16. The molecule has 19 heavy (non-hydrogen) atoms. The summed E-state index contributed by atoms with van der Waals surface area (Å²) >= 11 is 0. The second-order valence-electron chi connectivity index (χ2n) is 3.45. The average molecular weight is 270 g/mol. The van der Waals surface area contributed by atoms with Gasteiger partial charge < -0.3 is 19.9 Å². The third kappa shape index (κ3) is 4.43. The lowest BCUT2D eigenvalue weighted by Gasteiger charge is -2.08. The van der Waals surface area contributed by atoms with Gasteiger partial charge in [0.15, 0.2) is 12.4 Å². The summed E-state index contributed by atoms with van der Waals surface area (Å²) in [5, 5.41) is 21.7. The molecule has 0 atom stereocenters. The number of aliphatic hydroxyl groups is 1. The van der Waals surface area contributed by atoms with Gasteiger partial charge in [0.2, 0.25) is 0 Å². The summed E-state index contributed by atoms with van der Waals surface area (Å²) in [5.41, 5.74) is -0.283. The van der Waals surface area contributed by atoms with Crippen molar-refractivity contribution in [2.45, 2.75) is 0 Å². The van der Waals surface area contributed by atoms with Crippen LogP contribution < -0.4 is 14.8 Å². The third-order valence-electron chi connectivity index (χ3n) is 2.16. The predicted octanol–water partition coefficient (Wildman–Crippen LogP) is 0.0907. The zero-order chi connectivity index (χ0) is 14.3. The van der Waals surface area contributed by atoms with Crippen LogP contribution in [0.4, 0.5) is 5.69 Å². The van der Waals surface area contributed by atoms with Crippen molar-refractivity contribution >= 4 is 11.6 Å². The van der Waals surface area contributed by atoms with Crippen molar-refractivity contribution in [1.29, 1.82) is 0 Å². The molecule has 0 fully saturated rings. The van der Waals surface area contributed by atoms with Gasteiger partial charge in [-0.1, -0.05) is 0 Å². The number of rotatable bonds is 7. The topological polar surface area (TPSA) is 111 Å². The highest BCUT2D eigenvalue weighted by Crippen LogP contribution is 2.30. The number of ether oxygens (including phenoxy) is 2. The zero-order valence-corrected chi connectivity index (χ0v) is 10.3. The Labute approximate surface area is 109 Å². The molecule has 2 N–H and O–H groups in total. The average Bonchev–Trinajstić information content (AvgIpc) is 2.42. The number of nitrogens with zero attached hydrogens (tertiary/aromatic N) is 1. The fourth-order valence-electron chi connectivity index (χ4n) is 1.28. The minimum atomic E-state index is -0.622. The van der Waals surface area contributed by atoms with E-state index in [0.717, 1.165) is 0 Å². The lowest BCUT2D eigenvalue weighted by Crippen LogP contribution is -2.31. The van der Waals surface area contributed by atoms with Gasteiger partial charge >= 0.3 is 5.69 Å². The van der Waals surface area contributed by atoms with Crippen LogP contribution in [-0.2, 0) is 4.79 Å². The highest BCUT2D eigenvalue weighted by atomic mass is 16.6. The Balaban J connectivity index is 2.72. The van der Waals surface area contributed by atoms with Crippen LogP contribution in [0.5, 0.6) is 11.5 Å². The quantitative estimate of drug-likeness (QED) is 0.536. The summed E-state index contributed by atoms with van der Waals surface area (Å²) in [6, 6.07) is 4.06. The van der Waals surface area contributed by atoms with Crippen molar-refractivity contribution in [3.8, 4) is 11.5 Å². The smallest absolute Gasteiger partial charge is 0.314 e. The Morgan fingerprint density at radius 2 is 2.26 bits per heavy atom. The van der Waals surface area contributed by atoms with E-state index in [9.17, 15) is 14.9 Å². The van der Waals surface area contributed by atoms with Crippen molar-refractivity contribution in [3.63, 3.8) is 0 Å². The summed E-state index contributed by atoms with van der Waals surface area (Å²) in [6.45, 7) is -0.450. The van der Waals surface area contributed by atoms with Gasteiger partial charge in [-0.25, -0.2) is 0 Å². The summed E-state index contributed by atoms with van der Waals surface area (Å²) in [6.07, 6.45) is 0. The minimum Gasteiger partial charge on any atom is -0.496 e. The molecular weight excluding hydrogens is 256 g/mol. The van der Waals surface area contributed by atoms with E-state index >= 15 is 0 Å². The molecule has 0 aliphatic carbocycles. The van der Waals surface area contributed by atoms with Crippen LogP contribution in [-0.4, -0.2) is 42.8 Å². The molecule has 0 spiro atoms. The highest BCUT2D eigenvalue weighted by Gasteiger charge is 2.17. The van der Waals surface area contributed by atoms with E-state index in [1.807, 2.05) is 0 Å². The second kappa shape index (κ2) is 7.17. The van der Waals surface area contributed by atoms with Crippen molar-refractivity contribution in [3.05, 3.63) is 28.3 Å². The van der Waals surface area contributed by atoms with Crippen LogP contribution in [0.25, 0.3) is 0 Å². The maximum atomic E-state index is 11.2. The van der Waals surface area contributed by atoms with Crippen LogP contribution in [0.15, 0.2) is 18.2 Å². The molecule has 1 aromatic rings. The fraction of sp³-hybridized carbons (Fsp3) is 0.364. The Morgan fingerprint density at radius 1 is 1.53 bits per heavy atom. The number of amides is 1. The molecule has 8 nitrogen and oxygen atoms in total. The van der Waals surface area contributed by atoms with Crippen LogP contribution >= 0.6 is 0 Å². The van der Waals surface area contributed by atoms with Crippen LogP contribution in [0.1, 0.15) is 0 Å². The Morgan fingerprint density at radius 3 is 2.84 bits per heavy atom. The normalized spacial score (nSPS) is 9.79. The molecule has 104 valence electrons. The van der Waals surface area contributed by atoms with Crippen molar-refractivity contribution < 1.29 is 24.3 Å². The van der Waals surface area contributed by atoms with Gasteiger partial charge in [0.25, 0.3) is 5.91 Å². The number of methoxy groups -OCH3 is 1. The van der Waals surface area contributed by atoms with E-state index in [1.165, 1.54) is 25.3 Å². The largest absolute Gasteiger partial charge is 0.496 e. The SMILES string of the molecule is COc1ccc(OCC(=O)NCCO)c([N+](=O)[O-])c1. The first-order valence-electron chi connectivity index (χ1n) is 5.41. The van der Waals surface area contributed by atoms with Gasteiger partial charge in [-0.15, -0.1) is 0 Å². The maximum absolute atomic E-state index is 11.2. The maximum Gasteiger partial charge on any atom is 0.314 e. The summed E-state index contributed by atoms with van der Waals surface area (Å²) < 4.78 is 9.94. The molecule has 1 rings (SSSR count). The van der Waals surface area contributed by atoms with E-state index in [1.54, 1.807) is 0 Å². The van der Waals surface area contributed by atoms with Gasteiger partial charge in [-0.2, -0.15) is 0 Å². The number of hydrogen-bond acceptors (Lipinski definition) is 6. The van der Waals surface area contributed by atoms with Gasteiger partial charge in [-0.05, 0) is 12.1 Å². The molecule has 0 aromatic heterocycles. The standard InChI is InChI=1S/C11H14N2O6/c1-18-8-2-3-10(9(6-8)13(16)17)19-7-11(15)12-4-5-14/h2-3,6,14H,4-5,7H2,1H3,(H,12,15). The lowest BCUT2D eigenvalue weighted by atomic mass is 10.3. The molecule has 0 radical (unpaired) electrons.